The summed E-state index contributed by atoms with van der Waals surface area (Å²) in [6, 6.07) is 53.4. The number of fused-ring (bicyclic) bond motifs is 2. The number of aryl methyl sites for hydroxylation is 2. The Bertz CT molecular complexity index is 1710. The van der Waals surface area contributed by atoms with Crippen LogP contribution in [0.1, 0.15) is 30.5 Å². The molecule has 0 bridgehead atoms. The molecule has 7 aromatic carbocycles. The number of rotatable bonds is 4. The summed E-state index contributed by atoms with van der Waals surface area (Å²) in [4.78, 5) is 0. The molecule has 0 N–H and O–H groups in total. The van der Waals surface area contributed by atoms with Crippen molar-refractivity contribution in [2.75, 3.05) is 0 Å². The van der Waals surface area contributed by atoms with Gasteiger partial charge in [0.25, 0.3) is 0 Å². The molecule has 45 heavy (non-hydrogen) atoms. The molecule has 7 rings (SSSR count). The van der Waals surface area contributed by atoms with Crippen LogP contribution in [-0.4, -0.2) is 6.88 Å². The third-order valence-corrected chi connectivity index (χ3v) is 7.45. The normalized spacial score (nSPS) is 9.62. The van der Waals surface area contributed by atoms with Crippen molar-refractivity contribution in [3.63, 3.8) is 0 Å². The first-order valence-electron chi connectivity index (χ1n) is 14.8. The van der Waals surface area contributed by atoms with Crippen LogP contribution < -0.4 is 0 Å². The first-order valence-corrected chi connectivity index (χ1v) is 18.9. The Hall–Kier alpha value is -3.13. The Balaban J connectivity index is 0.000000240. The third-order valence-electron chi connectivity index (χ3n) is 7.45. The molecule has 0 aliphatic heterocycles. The number of halogens is 2. The van der Waals surface area contributed by atoms with Gasteiger partial charge in [-0.2, -0.15) is 36.8 Å². The summed E-state index contributed by atoms with van der Waals surface area (Å²) in [5.41, 5.74) is 9.18. The molecule has 4 heteroatoms. The molecule has 0 atom stereocenters. The molecule has 0 amide bonds. The van der Waals surface area contributed by atoms with Gasteiger partial charge in [-0.25, -0.2) is 0 Å². The number of benzene rings is 5. The van der Waals surface area contributed by atoms with E-state index in [1.807, 2.05) is 30.3 Å². The van der Waals surface area contributed by atoms with E-state index in [-0.39, 0.29) is 24.8 Å². The fraction of sp³-hybridized carbons (Fsp3) is 0.0976. The van der Waals surface area contributed by atoms with Gasteiger partial charge in [-0.05, 0) is 24.0 Å². The molecule has 0 fully saturated rings. The second-order valence-electron chi connectivity index (χ2n) is 10.3. The minimum atomic E-state index is 0. The summed E-state index contributed by atoms with van der Waals surface area (Å²) in [5, 5.41) is 5.44. The van der Waals surface area contributed by atoms with E-state index in [0.29, 0.717) is 0 Å². The fourth-order valence-corrected chi connectivity index (χ4v) is 5.22. The van der Waals surface area contributed by atoms with Gasteiger partial charge in [-0.15, -0.1) is 106 Å². The van der Waals surface area contributed by atoms with Crippen LogP contribution in [0.3, 0.4) is 0 Å². The summed E-state index contributed by atoms with van der Waals surface area (Å²) >= 11 is 1.36. The topological polar surface area (TPSA) is 0 Å². The molecular weight excluding hydrogens is 683 g/mol. The molecule has 0 aromatic heterocycles. The fourth-order valence-electron chi connectivity index (χ4n) is 5.22. The summed E-state index contributed by atoms with van der Waals surface area (Å²) in [6.07, 6.45) is 2.20. The molecule has 0 aliphatic carbocycles. The van der Waals surface area contributed by atoms with Crippen LogP contribution in [0.25, 0.3) is 43.8 Å². The van der Waals surface area contributed by atoms with Crippen LogP contribution in [0.15, 0.2) is 152 Å². The third kappa shape index (κ3) is 10.5. The van der Waals surface area contributed by atoms with Gasteiger partial charge < -0.3 is 0 Å². The van der Waals surface area contributed by atoms with E-state index in [2.05, 4.69) is 149 Å². The predicted octanol–water partition coefficient (Wildman–Crippen LogP) is 11.9. The first kappa shape index (κ1) is 38.1. The van der Waals surface area contributed by atoms with Crippen molar-refractivity contribution in [1.29, 1.82) is 0 Å². The Kier molecular flexibility index (Phi) is 17.0. The quantitative estimate of drug-likeness (QED) is 0.125. The van der Waals surface area contributed by atoms with Crippen LogP contribution in [0.4, 0.5) is 0 Å². The molecule has 0 unspecified atom stereocenters. The van der Waals surface area contributed by atoms with Crippen molar-refractivity contribution in [2.24, 2.45) is 0 Å². The molecule has 0 saturated carbocycles. The average molecular weight is 722 g/mol. The second kappa shape index (κ2) is 20.1. The molecule has 0 aliphatic rings. The van der Waals surface area contributed by atoms with Gasteiger partial charge in [-0.1, -0.05) is 104 Å². The predicted molar refractivity (Wildman–Crippen MR) is 200 cm³/mol. The molecule has 0 nitrogen and oxygen atoms in total. The van der Waals surface area contributed by atoms with E-state index in [1.54, 1.807) is 0 Å². The second-order valence-corrected chi connectivity index (χ2v) is 10.3. The number of hydrogen-bond acceptors (Lipinski definition) is 0. The average Bonchev–Trinajstić information content (AvgIpc) is 3.72. The van der Waals surface area contributed by atoms with E-state index < -0.39 is 0 Å². The number of hydrogen-bond donors (Lipinski definition) is 0. The Labute approximate surface area is 298 Å². The summed E-state index contributed by atoms with van der Waals surface area (Å²) in [6.45, 7) is 11.2. The summed E-state index contributed by atoms with van der Waals surface area (Å²) in [7, 11) is 0. The van der Waals surface area contributed by atoms with Gasteiger partial charge >= 0.3 is 30.2 Å². The van der Waals surface area contributed by atoms with Crippen molar-refractivity contribution in [1.82, 2.24) is 0 Å². The Morgan fingerprint density at radius 2 is 0.867 bits per heavy atom. The van der Waals surface area contributed by atoms with Crippen molar-refractivity contribution in [3.8, 4) is 22.3 Å². The van der Waals surface area contributed by atoms with Crippen molar-refractivity contribution in [3.05, 3.63) is 175 Å². The van der Waals surface area contributed by atoms with Gasteiger partial charge in [0.2, 0.25) is 0 Å². The van der Waals surface area contributed by atoms with Crippen LogP contribution in [0, 0.1) is 6.92 Å². The first-order chi connectivity index (χ1) is 21.2. The van der Waals surface area contributed by atoms with Crippen LogP contribution in [0.5, 0.6) is 0 Å². The van der Waals surface area contributed by atoms with Gasteiger partial charge in [0.1, 0.15) is 0 Å². The standard InChI is InChI=1S/2C17H15.C7H7.2ClH.Si.Zr/c2*1-2-13-11-15-9-6-10-16(17(15)12-13)14-7-4-3-5-8-14;1-7-5-3-2-4-6-7;;;;/h2*3-12H,2H2,1H3;2-6H,1H2;2*1H;;/q3*-1;;;;. The molecule has 0 saturated heterocycles. The van der Waals surface area contributed by atoms with E-state index in [9.17, 15) is 0 Å². The van der Waals surface area contributed by atoms with Crippen LogP contribution in [-0.2, 0) is 36.2 Å². The maximum atomic E-state index is 3.72. The van der Waals surface area contributed by atoms with Crippen molar-refractivity contribution in [2.45, 2.75) is 26.7 Å². The van der Waals surface area contributed by atoms with E-state index >= 15 is 0 Å². The van der Waals surface area contributed by atoms with Crippen LogP contribution >= 0.6 is 24.8 Å². The zero-order valence-corrected chi connectivity index (χ0v) is 31.0. The summed E-state index contributed by atoms with van der Waals surface area (Å²) in [5.74, 6) is 0. The molecule has 7 aromatic rings. The van der Waals surface area contributed by atoms with Gasteiger partial charge in [0, 0.05) is 0 Å². The zero-order valence-electron chi connectivity index (χ0n) is 25.9. The van der Waals surface area contributed by atoms with E-state index in [4.69, 9.17) is 0 Å². The van der Waals surface area contributed by atoms with E-state index in [1.165, 1.54) is 78.3 Å². The van der Waals surface area contributed by atoms with Gasteiger partial charge in [-0.3, -0.25) is 0 Å². The van der Waals surface area contributed by atoms with Crippen LogP contribution in [0.2, 0.25) is 0 Å². The van der Waals surface area contributed by atoms with Crippen molar-refractivity contribution >= 4 is 53.2 Å². The SMILES string of the molecule is CCc1cc2c(-c3ccccc3)cccc2[cH-]1.CCc1cc2c(-c3ccccc3)cccc2[cH-]1.Cl.Cl.[CH2-]c1ccccc1.[Si]=[Zr]. The van der Waals surface area contributed by atoms with Crippen molar-refractivity contribution < 1.29 is 23.3 Å². The molecule has 0 spiro atoms. The Morgan fingerprint density at radius 1 is 0.511 bits per heavy atom. The maximum absolute atomic E-state index is 3.72. The molecule has 0 heterocycles. The summed E-state index contributed by atoms with van der Waals surface area (Å²) < 4.78 is 0. The van der Waals surface area contributed by atoms with Gasteiger partial charge in [0.05, 0.1) is 0 Å². The zero-order chi connectivity index (χ0) is 30.4. The molecule has 228 valence electrons. The molecular formula is C41H39Cl2SiZr-3. The Morgan fingerprint density at radius 3 is 1.18 bits per heavy atom. The molecule has 2 radical (unpaired) electrons. The van der Waals surface area contributed by atoms with E-state index in [0.717, 1.165) is 18.4 Å². The van der Waals surface area contributed by atoms with Gasteiger partial charge in [0.15, 0.2) is 0 Å². The monoisotopic (exact) mass is 719 g/mol. The minimum absolute atomic E-state index is 0.